The molecule has 11 nitrogen and oxygen atoms in total. The van der Waals surface area contributed by atoms with Gasteiger partial charge in [-0.3, -0.25) is 24.5 Å². The van der Waals surface area contributed by atoms with Crippen LogP contribution >= 0.6 is 0 Å². The Bertz CT molecular complexity index is 1000. The Kier molecular flexibility index (Phi) is 12.8. The first-order valence-electron chi connectivity index (χ1n) is 10.4. The van der Waals surface area contributed by atoms with Crippen LogP contribution in [0.2, 0.25) is 0 Å². The average molecular weight is 480 g/mol. The number of pyridine rings is 1. The van der Waals surface area contributed by atoms with E-state index in [0.717, 1.165) is 17.8 Å². The van der Waals surface area contributed by atoms with Gasteiger partial charge in [-0.05, 0) is 43.0 Å². The van der Waals surface area contributed by atoms with Gasteiger partial charge in [0.25, 0.3) is 5.69 Å². The van der Waals surface area contributed by atoms with Crippen molar-refractivity contribution in [2.75, 3.05) is 18.4 Å². The number of nitro benzene ring substituents is 1. The molecule has 1 heterocycles. The fraction of sp³-hybridized carbons (Fsp3) is 0.364. The normalized spacial score (nSPS) is 11.0. The zero-order valence-electron chi connectivity index (χ0n) is 19.2. The molecule has 0 saturated carbocycles. The van der Waals surface area contributed by atoms with Gasteiger partial charge in [0.2, 0.25) is 11.8 Å². The summed E-state index contributed by atoms with van der Waals surface area (Å²) in [5.74, 6) is -1.29. The Morgan fingerprint density at radius 1 is 1.15 bits per heavy atom. The van der Waals surface area contributed by atoms with Gasteiger partial charge in [-0.2, -0.15) is 0 Å². The zero-order chi connectivity index (χ0) is 24.2. The van der Waals surface area contributed by atoms with E-state index in [-0.39, 0.29) is 54.1 Å². The first-order chi connectivity index (χ1) is 15.7. The van der Waals surface area contributed by atoms with E-state index >= 15 is 0 Å². The first-order valence-corrected chi connectivity index (χ1v) is 10.4. The maximum absolute atomic E-state index is 12.2. The maximum atomic E-state index is 12.2. The van der Waals surface area contributed by atoms with Gasteiger partial charge in [0.15, 0.2) is 0 Å². The molecule has 177 valence electrons. The molecule has 1 unspecified atom stereocenters. The Labute approximate surface area is 219 Å². The number of aryl methyl sites for hydroxylation is 1. The second kappa shape index (κ2) is 15.0. The van der Waals surface area contributed by atoms with Crippen LogP contribution in [-0.4, -0.2) is 75.4 Å². The van der Waals surface area contributed by atoms with Crippen molar-refractivity contribution < 1.29 is 24.4 Å². The van der Waals surface area contributed by atoms with Crippen molar-refractivity contribution in [2.24, 2.45) is 0 Å². The Morgan fingerprint density at radius 3 is 2.59 bits per heavy atom. The van der Waals surface area contributed by atoms with Crippen molar-refractivity contribution in [1.29, 1.82) is 0 Å². The van der Waals surface area contributed by atoms with Crippen LogP contribution in [0.4, 0.5) is 11.5 Å². The molecule has 1 radical (unpaired) electrons. The predicted octanol–water partition coefficient (Wildman–Crippen LogP) is 1.95. The van der Waals surface area contributed by atoms with E-state index < -0.39 is 29.3 Å². The molecule has 1 aromatic carbocycles. The number of benzene rings is 1. The fourth-order valence-electron chi connectivity index (χ4n) is 3.05. The number of carboxylic acids is 1. The van der Waals surface area contributed by atoms with Crippen LogP contribution in [0.25, 0.3) is 0 Å². The summed E-state index contributed by atoms with van der Waals surface area (Å²) in [4.78, 5) is 49.9. The van der Waals surface area contributed by atoms with Gasteiger partial charge in [0.05, 0.1) is 23.9 Å². The van der Waals surface area contributed by atoms with Gasteiger partial charge in [0, 0.05) is 60.9 Å². The number of nitrogens with zero attached hydrogens (tertiary/aromatic N) is 2. The number of nitrogens with one attached hydrogen (secondary N) is 3. The molecular formula is C22H27N5NaO6. The quantitative estimate of drug-likeness (QED) is 0.146. The second-order valence-corrected chi connectivity index (χ2v) is 7.45. The number of nitro groups is 1. The number of carbonyl (C=O) groups is 3. The van der Waals surface area contributed by atoms with Crippen LogP contribution in [-0.2, 0) is 14.4 Å². The smallest absolute Gasteiger partial charge is 0.305 e. The number of carboxylic acid groups (broad SMARTS) is 1. The van der Waals surface area contributed by atoms with E-state index in [0.29, 0.717) is 18.5 Å². The maximum Gasteiger partial charge on any atom is 0.305 e. The standard InChI is InChI=1S/C22H27N5O6.Na/c1-15-8-10-24-19(11-15)23-9-3-2-7-20(28)25-14-21(29)26-18(13-22(30)31)16-5-4-6-17(12-16)27(32)33;/h4-6,8,10-12,18H,2-3,7,9,13-14H2,1H3,(H,23,24)(H,25,28)(H,26,29)(H,30,31);. The van der Waals surface area contributed by atoms with Crippen molar-refractivity contribution in [3.05, 3.63) is 63.8 Å². The Balaban J connectivity index is 0.00000578. The minimum absolute atomic E-state index is 0. The van der Waals surface area contributed by atoms with Crippen molar-refractivity contribution in [3.63, 3.8) is 0 Å². The van der Waals surface area contributed by atoms with Crippen LogP contribution in [0.15, 0.2) is 42.6 Å². The summed E-state index contributed by atoms with van der Waals surface area (Å²) in [6.45, 7) is 2.31. The van der Waals surface area contributed by atoms with Crippen LogP contribution in [0.5, 0.6) is 0 Å². The Morgan fingerprint density at radius 2 is 1.91 bits per heavy atom. The summed E-state index contributed by atoms with van der Waals surface area (Å²) in [5.41, 5.74) is 1.18. The minimum atomic E-state index is -1.18. The molecule has 2 amide bonds. The number of aromatic nitrogens is 1. The summed E-state index contributed by atoms with van der Waals surface area (Å²) in [6, 6.07) is 8.27. The molecule has 1 atom stereocenters. The predicted molar refractivity (Wildman–Crippen MR) is 126 cm³/mol. The molecule has 0 fully saturated rings. The number of hydrogen-bond donors (Lipinski definition) is 4. The van der Waals surface area contributed by atoms with Crippen molar-refractivity contribution in [1.82, 2.24) is 15.6 Å². The molecule has 2 aromatic rings. The fourth-order valence-corrected chi connectivity index (χ4v) is 3.05. The topological polar surface area (TPSA) is 164 Å². The monoisotopic (exact) mass is 480 g/mol. The van der Waals surface area contributed by atoms with Crippen LogP contribution in [0, 0.1) is 17.0 Å². The summed E-state index contributed by atoms with van der Waals surface area (Å²) in [7, 11) is 0. The van der Waals surface area contributed by atoms with E-state index in [2.05, 4.69) is 20.9 Å². The number of amides is 2. The number of rotatable bonds is 13. The number of non-ortho nitro benzene ring substituents is 1. The third-order valence-electron chi connectivity index (χ3n) is 4.70. The molecule has 0 saturated heterocycles. The second-order valence-electron chi connectivity index (χ2n) is 7.45. The number of anilines is 1. The third-order valence-corrected chi connectivity index (χ3v) is 4.70. The van der Waals surface area contributed by atoms with Gasteiger partial charge in [-0.1, -0.05) is 12.1 Å². The van der Waals surface area contributed by atoms with E-state index in [1.807, 2.05) is 19.1 Å². The third kappa shape index (κ3) is 10.7. The van der Waals surface area contributed by atoms with Gasteiger partial charge in [-0.25, -0.2) is 4.98 Å². The van der Waals surface area contributed by atoms with E-state index in [9.17, 15) is 24.5 Å². The molecule has 1 aromatic heterocycles. The van der Waals surface area contributed by atoms with Gasteiger partial charge in [-0.15, -0.1) is 0 Å². The molecule has 0 bridgehead atoms. The molecule has 0 aliphatic heterocycles. The summed E-state index contributed by atoms with van der Waals surface area (Å²) >= 11 is 0. The first kappa shape index (κ1) is 29.0. The molecule has 4 N–H and O–H groups in total. The zero-order valence-corrected chi connectivity index (χ0v) is 21.2. The summed E-state index contributed by atoms with van der Waals surface area (Å²) in [5, 5.41) is 28.3. The number of unbranched alkanes of at least 4 members (excludes halogenated alkanes) is 1. The average Bonchev–Trinajstić information content (AvgIpc) is 2.77. The molecule has 0 aliphatic carbocycles. The van der Waals surface area contributed by atoms with E-state index in [1.54, 1.807) is 6.20 Å². The molecular weight excluding hydrogens is 453 g/mol. The SMILES string of the molecule is Cc1ccnc(NCCCCC(=O)NCC(=O)NC(CC(=O)O)c2cccc([N+](=O)[O-])c2)c1.[Na]. The summed E-state index contributed by atoms with van der Waals surface area (Å²) < 4.78 is 0. The molecule has 34 heavy (non-hydrogen) atoms. The van der Waals surface area contributed by atoms with Gasteiger partial charge < -0.3 is 21.1 Å². The number of hydrogen-bond acceptors (Lipinski definition) is 7. The van der Waals surface area contributed by atoms with Crippen molar-refractivity contribution >= 4 is 58.8 Å². The Hall–Kier alpha value is -3.02. The van der Waals surface area contributed by atoms with Crippen LogP contribution < -0.4 is 16.0 Å². The van der Waals surface area contributed by atoms with Crippen LogP contribution in [0.1, 0.15) is 42.9 Å². The molecule has 0 spiro atoms. The van der Waals surface area contributed by atoms with Gasteiger partial charge in [0.1, 0.15) is 5.82 Å². The molecule has 2 rings (SSSR count). The van der Waals surface area contributed by atoms with Crippen molar-refractivity contribution in [3.8, 4) is 0 Å². The largest absolute Gasteiger partial charge is 0.481 e. The molecule has 12 heteroatoms. The van der Waals surface area contributed by atoms with E-state index in [4.69, 9.17) is 5.11 Å². The minimum Gasteiger partial charge on any atom is -0.481 e. The van der Waals surface area contributed by atoms with Crippen molar-refractivity contribution in [2.45, 2.75) is 38.6 Å². The van der Waals surface area contributed by atoms with Gasteiger partial charge >= 0.3 is 5.97 Å². The number of aliphatic carboxylic acids is 1. The summed E-state index contributed by atoms with van der Waals surface area (Å²) in [6.07, 6.45) is 2.85. The van der Waals surface area contributed by atoms with E-state index in [1.165, 1.54) is 24.3 Å². The number of carbonyl (C=O) groups excluding carboxylic acids is 2. The van der Waals surface area contributed by atoms with Crippen LogP contribution in [0.3, 0.4) is 0 Å². The molecule has 0 aliphatic rings.